The number of hydrogen-bond acceptors (Lipinski definition) is 7. The number of imide groups is 1. The largest absolute Gasteiger partial charge is 0.386 e. The lowest BCUT2D eigenvalue weighted by Crippen LogP contribution is -2.55. The SMILES string of the molecule is CCc1ccc(N2C(=O)[C@@H]3[C@@H](C=C[C@H]([C@H](O)c4cccc(C)c4)N3Nc3ccc([N+](=O)[O-])cc3)C2=O)cc1. The van der Waals surface area contributed by atoms with Gasteiger partial charge >= 0.3 is 0 Å². The molecule has 194 valence electrons. The highest BCUT2D eigenvalue weighted by atomic mass is 16.6. The Balaban J connectivity index is 1.53. The number of aliphatic hydroxyl groups excluding tert-OH is 1. The lowest BCUT2D eigenvalue weighted by Gasteiger charge is -2.40. The van der Waals surface area contributed by atoms with Crippen LogP contribution in [0.25, 0.3) is 0 Å². The molecule has 0 radical (unpaired) electrons. The molecule has 4 atom stereocenters. The third-order valence-electron chi connectivity index (χ3n) is 7.10. The van der Waals surface area contributed by atoms with E-state index in [9.17, 15) is 24.8 Å². The Bertz CT molecular complexity index is 1400. The number of non-ortho nitro benzene ring substituents is 1. The van der Waals surface area contributed by atoms with E-state index in [1.165, 1.54) is 29.2 Å². The van der Waals surface area contributed by atoms with Crippen LogP contribution in [-0.4, -0.2) is 38.9 Å². The van der Waals surface area contributed by atoms with Gasteiger partial charge in [0, 0.05) is 17.8 Å². The molecule has 5 rings (SSSR count). The van der Waals surface area contributed by atoms with E-state index in [0.717, 1.165) is 17.5 Å². The van der Waals surface area contributed by atoms with E-state index in [2.05, 4.69) is 5.43 Å². The number of nitro benzene ring substituents is 1. The summed E-state index contributed by atoms with van der Waals surface area (Å²) in [6, 6.07) is 18.9. The van der Waals surface area contributed by atoms with E-state index < -0.39 is 34.9 Å². The van der Waals surface area contributed by atoms with Gasteiger partial charge in [-0.1, -0.05) is 61.0 Å². The molecular formula is C29H28N4O5. The van der Waals surface area contributed by atoms with Gasteiger partial charge in [0.05, 0.1) is 28.7 Å². The van der Waals surface area contributed by atoms with Crippen LogP contribution in [0.2, 0.25) is 0 Å². The van der Waals surface area contributed by atoms with Crippen LogP contribution in [0.5, 0.6) is 0 Å². The number of fused-ring (bicyclic) bond motifs is 1. The Labute approximate surface area is 220 Å². The lowest BCUT2D eigenvalue weighted by atomic mass is 9.90. The summed E-state index contributed by atoms with van der Waals surface area (Å²) in [5.41, 5.74) is 6.81. The summed E-state index contributed by atoms with van der Waals surface area (Å²) in [5, 5.41) is 24.1. The molecule has 0 aliphatic carbocycles. The van der Waals surface area contributed by atoms with Gasteiger partial charge in [0.1, 0.15) is 6.04 Å². The maximum atomic E-state index is 13.8. The molecule has 9 heteroatoms. The van der Waals surface area contributed by atoms with Crippen LogP contribution in [-0.2, 0) is 16.0 Å². The number of benzene rings is 3. The van der Waals surface area contributed by atoms with Crippen molar-refractivity contribution in [2.45, 2.75) is 38.5 Å². The van der Waals surface area contributed by atoms with Crippen molar-refractivity contribution >= 4 is 28.9 Å². The number of anilines is 2. The minimum Gasteiger partial charge on any atom is -0.386 e. The molecule has 0 bridgehead atoms. The van der Waals surface area contributed by atoms with Gasteiger partial charge in [0.2, 0.25) is 5.91 Å². The molecule has 0 unspecified atom stereocenters. The molecule has 2 aliphatic rings. The first-order chi connectivity index (χ1) is 18.3. The maximum absolute atomic E-state index is 13.8. The third kappa shape index (κ3) is 4.57. The summed E-state index contributed by atoms with van der Waals surface area (Å²) in [6.45, 7) is 3.96. The molecule has 2 N–H and O–H groups in total. The number of hydrogen-bond donors (Lipinski definition) is 2. The average molecular weight is 513 g/mol. The molecule has 9 nitrogen and oxygen atoms in total. The smallest absolute Gasteiger partial charge is 0.269 e. The van der Waals surface area contributed by atoms with Gasteiger partial charge in [-0.2, -0.15) is 0 Å². The Morgan fingerprint density at radius 2 is 1.71 bits per heavy atom. The number of nitrogens with zero attached hydrogens (tertiary/aromatic N) is 3. The van der Waals surface area contributed by atoms with Gasteiger partial charge in [0.25, 0.3) is 11.6 Å². The van der Waals surface area contributed by atoms with Crippen LogP contribution in [0.1, 0.15) is 29.7 Å². The minimum atomic E-state index is -1.02. The second-order valence-electron chi connectivity index (χ2n) is 9.56. The van der Waals surface area contributed by atoms with Crippen molar-refractivity contribution in [3.8, 4) is 0 Å². The minimum absolute atomic E-state index is 0.0721. The van der Waals surface area contributed by atoms with Crippen molar-refractivity contribution in [2.75, 3.05) is 10.3 Å². The highest BCUT2D eigenvalue weighted by molar-refractivity contribution is 6.24. The van der Waals surface area contributed by atoms with Gasteiger partial charge < -0.3 is 10.5 Å². The second-order valence-corrected chi connectivity index (χ2v) is 9.56. The van der Waals surface area contributed by atoms with E-state index in [-0.39, 0.29) is 11.6 Å². The number of aliphatic hydroxyl groups is 1. The predicted octanol–water partition coefficient (Wildman–Crippen LogP) is 4.32. The maximum Gasteiger partial charge on any atom is 0.269 e. The van der Waals surface area contributed by atoms with Crippen LogP contribution >= 0.6 is 0 Å². The zero-order valence-corrected chi connectivity index (χ0v) is 21.0. The number of rotatable bonds is 7. The van der Waals surface area contributed by atoms with Crippen molar-refractivity contribution in [3.05, 3.63) is 112 Å². The van der Waals surface area contributed by atoms with E-state index in [0.29, 0.717) is 16.9 Å². The Hall–Kier alpha value is -4.34. The van der Waals surface area contributed by atoms with Crippen LogP contribution in [0.3, 0.4) is 0 Å². The molecule has 0 aromatic heterocycles. The molecule has 2 aliphatic heterocycles. The van der Waals surface area contributed by atoms with Crippen molar-refractivity contribution in [1.29, 1.82) is 0 Å². The average Bonchev–Trinajstić information content (AvgIpc) is 3.18. The first-order valence-corrected chi connectivity index (χ1v) is 12.5. The van der Waals surface area contributed by atoms with Crippen molar-refractivity contribution in [3.63, 3.8) is 0 Å². The number of nitro groups is 1. The van der Waals surface area contributed by atoms with Crippen LogP contribution < -0.4 is 10.3 Å². The summed E-state index contributed by atoms with van der Waals surface area (Å²) in [6.07, 6.45) is 3.25. The number of nitrogens with one attached hydrogen (secondary N) is 1. The van der Waals surface area contributed by atoms with E-state index in [4.69, 9.17) is 0 Å². The highest BCUT2D eigenvalue weighted by Gasteiger charge is 2.54. The third-order valence-corrected chi connectivity index (χ3v) is 7.10. The topological polar surface area (TPSA) is 116 Å². The molecule has 2 heterocycles. The Kier molecular flexibility index (Phi) is 6.79. The summed E-state index contributed by atoms with van der Waals surface area (Å²) in [4.78, 5) is 39.1. The number of aryl methyl sites for hydroxylation is 2. The fraction of sp³-hybridized carbons (Fsp3) is 0.241. The Morgan fingerprint density at radius 1 is 1.00 bits per heavy atom. The van der Waals surface area contributed by atoms with Crippen molar-refractivity contribution in [2.24, 2.45) is 5.92 Å². The summed E-state index contributed by atoms with van der Waals surface area (Å²) >= 11 is 0. The highest BCUT2D eigenvalue weighted by Crippen LogP contribution is 2.38. The van der Waals surface area contributed by atoms with Crippen LogP contribution in [0, 0.1) is 23.0 Å². The molecule has 2 amide bonds. The van der Waals surface area contributed by atoms with Gasteiger partial charge in [0.15, 0.2) is 0 Å². The zero-order chi connectivity index (χ0) is 27.0. The monoisotopic (exact) mass is 512 g/mol. The molecule has 0 saturated carbocycles. The number of amides is 2. The second kappa shape index (κ2) is 10.2. The fourth-order valence-corrected chi connectivity index (χ4v) is 5.06. The first-order valence-electron chi connectivity index (χ1n) is 12.5. The first kappa shape index (κ1) is 25.3. The predicted molar refractivity (Wildman–Crippen MR) is 143 cm³/mol. The van der Waals surface area contributed by atoms with E-state index >= 15 is 0 Å². The molecule has 38 heavy (non-hydrogen) atoms. The number of carbonyl (C=O) groups excluding carboxylic acids is 2. The normalized spacial score (nSPS) is 21.9. The van der Waals surface area contributed by atoms with Gasteiger partial charge in [-0.15, -0.1) is 0 Å². The van der Waals surface area contributed by atoms with Gasteiger partial charge in [-0.05, 0) is 48.7 Å². The quantitative estimate of drug-likeness (QED) is 0.210. The van der Waals surface area contributed by atoms with Crippen molar-refractivity contribution in [1.82, 2.24) is 5.01 Å². The standard InChI is InChI=1S/C29H28N4O5/c1-3-19-7-11-22(12-8-19)31-28(35)24-15-16-25(27(34)20-6-4-5-18(2)17-20)32(26(24)29(31)36)30-21-9-13-23(14-10-21)33(37)38/h4-17,24-27,30,34H,3H2,1-2H3/t24-,25-,26+,27-/m1/s1. The Morgan fingerprint density at radius 3 is 2.34 bits per heavy atom. The molecule has 0 spiro atoms. The summed E-state index contributed by atoms with van der Waals surface area (Å²) in [5.74, 6) is -1.52. The number of hydrazine groups is 1. The number of carbonyl (C=O) groups is 2. The van der Waals surface area contributed by atoms with Gasteiger partial charge in [-0.3, -0.25) is 19.7 Å². The van der Waals surface area contributed by atoms with E-state index in [1.54, 1.807) is 29.3 Å². The lowest BCUT2D eigenvalue weighted by molar-refractivity contribution is -0.384. The molecule has 1 fully saturated rings. The van der Waals surface area contributed by atoms with Crippen LogP contribution in [0.15, 0.2) is 84.9 Å². The van der Waals surface area contributed by atoms with Gasteiger partial charge in [-0.25, -0.2) is 9.91 Å². The van der Waals surface area contributed by atoms with E-state index in [1.807, 2.05) is 50.2 Å². The van der Waals surface area contributed by atoms with Crippen molar-refractivity contribution < 1.29 is 19.6 Å². The van der Waals surface area contributed by atoms with Crippen LogP contribution in [0.4, 0.5) is 17.1 Å². The molecule has 3 aromatic rings. The summed E-state index contributed by atoms with van der Waals surface area (Å²) < 4.78 is 0. The molecular weight excluding hydrogens is 484 g/mol. The summed E-state index contributed by atoms with van der Waals surface area (Å²) in [7, 11) is 0. The molecule has 3 aromatic carbocycles. The zero-order valence-electron chi connectivity index (χ0n) is 21.0. The fourth-order valence-electron chi connectivity index (χ4n) is 5.06. The molecule has 1 saturated heterocycles.